The third-order valence-corrected chi connectivity index (χ3v) is 3.82. The first-order valence-electron chi connectivity index (χ1n) is 6.05. The summed E-state index contributed by atoms with van der Waals surface area (Å²) in [7, 11) is 0. The molecule has 5 N–H and O–H groups in total. The fourth-order valence-corrected chi connectivity index (χ4v) is 2.67. The van der Waals surface area contributed by atoms with Gasteiger partial charge in [-0.3, -0.25) is 4.98 Å². The Hall–Kier alpha value is -1.48. The van der Waals surface area contributed by atoms with Crippen molar-refractivity contribution in [1.29, 1.82) is 0 Å². The van der Waals surface area contributed by atoms with Crippen molar-refractivity contribution in [2.75, 3.05) is 12.3 Å². The molecule has 20 heavy (non-hydrogen) atoms. The molecule has 7 nitrogen and oxygen atoms in total. The molecule has 9 heteroatoms. The lowest BCUT2D eigenvalue weighted by molar-refractivity contribution is 0.685. The average Bonchev–Trinajstić information content (AvgIpc) is 2.70. The summed E-state index contributed by atoms with van der Waals surface area (Å²) in [6.07, 6.45) is 4.38. The zero-order valence-electron chi connectivity index (χ0n) is 10.7. The van der Waals surface area contributed by atoms with Gasteiger partial charge < -0.3 is 16.8 Å². The maximum absolute atomic E-state index is 11.0. The van der Waals surface area contributed by atoms with E-state index in [9.17, 15) is 4.21 Å². The van der Waals surface area contributed by atoms with E-state index in [1.54, 1.807) is 6.20 Å². The Morgan fingerprint density at radius 3 is 2.75 bits per heavy atom. The van der Waals surface area contributed by atoms with Gasteiger partial charge in [-0.05, 0) is 41.3 Å². The average molecular weight is 359 g/mol. The summed E-state index contributed by atoms with van der Waals surface area (Å²) in [5.74, 6) is 0.603. The van der Waals surface area contributed by atoms with Gasteiger partial charge in [-0.25, -0.2) is 4.21 Å². The van der Waals surface area contributed by atoms with E-state index < -0.39 is 11.2 Å². The van der Waals surface area contributed by atoms with E-state index >= 15 is 0 Å². The van der Waals surface area contributed by atoms with Crippen molar-refractivity contribution in [3.05, 3.63) is 22.4 Å². The minimum atomic E-state index is -1.57. The quantitative estimate of drug-likeness (QED) is 0.669. The molecule has 0 radical (unpaired) electrons. The van der Waals surface area contributed by atoms with Gasteiger partial charge in [0.25, 0.3) is 11.2 Å². The molecule has 1 aliphatic heterocycles. The van der Waals surface area contributed by atoms with Crippen LogP contribution in [-0.2, 0) is 17.6 Å². The number of nitrogens with zero attached hydrogens (tertiary/aromatic N) is 3. The lowest BCUT2D eigenvalue weighted by Gasteiger charge is -2.06. The number of nitrogens with one attached hydrogen (secondary N) is 1. The molecule has 108 valence electrons. The summed E-state index contributed by atoms with van der Waals surface area (Å²) >= 11 is 1.76. The Kier molecular flexibility index (Phi) is 5.07. The molecular formula is C11H15BrN6OS. The third-order valence-electron chi connectivity index (χ3n) is 2.69. The molecule has 0 saturated carbocycles. The van der Waals surface area contributed by atoms with Crippen molar-refractivity contribution in [3.8, 4) is 0 Å². The van der Waals surface area contributed by atoms with Crippen molar-refractivity contribution in [1.82, 2.24) is 10.3 Å². The van der Waals surface area contributed by atoms with Gasteiger partial charge in [-0.15, -0.1) is 8.80 Å². The van der Waals surface area contributed by atoms with Crippen molar-refractivity contribution < 1.29 is 4.21 Å². The number of amidine groups is 2. The highest BCUT2D eigenvalue weighted by Gasteiger charge is 2.14. The second-order valence-electron chi connectivity index (χ2n) is 4.22. The number of hydrogen-bond acceptors (Lipinski definition) is 5. The molecule has 2 heterocycles. The van der Waals surface area contributed by atoms with Gasteiger partial charge in [0.05, 0.1) is 11.4 Å². The summed E-state index contributed by atoms with van der Waals surface area (Å²) in [5.41, 5.74) is 13.0. The molecule has 2 rings (SSSR count). The van der Waals surface area contributed by atoms with Crippen LogP contribution in [0.15, 0.2) is 25.5 Å². The first-order valence-corrected chi connectivity index (χ1v) is 7.91. The van der Waals surface area contributed by atoms with Crippen LogP contribution in [0.1, 0.15) is 18.5 Å². The van der Waals surface area contributed by atoms with Crippen LogP contribution in [0.3, 0.4) is 0 Å². The van der Waals surface area contributed by atoms with Crippen LogP contribution >= 0.6 is 15.9 Å². The number of anilines is 1. The van der Waals surface area contributed by atoms with Gasteiger partial charge in [0.2, 0.25) is 0 Å². The van der Waals surface area contributed by atoms with Crippen LogP contribution in [0.2, 0.25) is 0 Å². The van der Waals surface area contributed by atoms with Gasteiger partial charge in [-0.2, -0.15) is 0 Å². The Balaban J connectivity index is 1.71. The van der Waals surface area contributed by atoms with Gasteiger partial charge >= 0.3 is 0 Å². The van der Waals surface area contributed by atoms with Gasteiger partial charge in [0, 0.05) is 17.2 Å². The van der Waals surface area contributed by atoms with Crippen LogP contribution in [-0.4, -0.2) is 27.4 Å². The van der Waals surface area contributed by atoms with Gasteiger partial charge in [-0.1, -0.05) is 0 Å². The monoisotopic (exact) mass is 358 g/mol. The molecule has 1 aliphatic rings. The Labute approximate surface area is 127 Å². The maximum atomic E-state index is 11.0. The van der Waals surface area contributed by atoms with E-state index in [0.717, 1.165) is 29.4 Å². The number of halogens is 1. The fraction of sp³-hybridized carbons (Fsp3) is 0.364. The second kappa shape index (κ2) is 6.80. The van der Waals surface area contributed by atoms with Gasteiger partial charge in [0.15, 0.2) is 11.7 Å². The lowest BCUT2D eigenvalue weighted by atomic mass is 10.1. The zero-order valence-corrected chi connectivity index (χ0v) is 13.1. The maximum Gasteiger partial charge on any atom is 0.269 e. The number of aromatic nitrogens is 1. The van der Waals surface area contributed by atoms with E-state index in [4.69, 9.17) is 11.5 Å². The molecule has 1 unspecified atom stereocenters. The largest absolute Gasteiger partial charge is 0.397 e. The zero-order chi connectivity index (χ0) is 14.5. The molecule has 1 aromatic heterocycles. The smallest absolute Gasteiger partial charge is 0.269 e. The highest BCUT2D eigenvalue weighted by Crippen LogP contribution is 2.17. The SMILES string of the molecule is NC1=NS(=O)N=C1NCCCCc1ncc(Br)cc1N. The molecular weight excluding hydrogens is 344 g/mol. The molecule has 1 aromatic rings. The molecule has 0 aromatic carbocycles. The van der Waals surface area contributed by atoms with Crippen LogP contribution in [0.4, 0.5) is 5.69 Å². The first kappa shape index (κ1) is 14.9. The number of rotatable bonds is 5. The first-order chi connectivity index (χ1) is 9.56. The van der Waals surface area contributed by atoms with E-state index in [-0.39, 0.29) is 5.84 Å². The Morgan fingerprint density at radius 2 is 2.10 bits per heavy atom. The van der Waals surface area contributed by atoms with Crippen LogP contribution in [0.25, 0.3) is 0 Å². The van der Waals surface area contributed by atoms with Crippen LogP contribution in [0, 0.1) is 0 Å². The molecule has 0 amide bonds. The standard InChI is InChI=1S/C11H15BrN6OS/c12-7-5-8(13)9(16-6-7)3-1-2-4-15-11-10(14)17-20(19)18-11/h5-6H,1-4,13H2,(H2,14,17)(H,15,18). The van der Waals surface area contributed by atoms with Crippen molar-refractivity contribution in [2.45, 2.75) is 19.3 Å². The van der Waals surface area contributed by atoms with Gasteiger partial charge in [0.1, 0.15) is 0 Å². The Bertz CT molecular complexity index is 588. The highest BCUT2D eigenvalue weighted by atomic mass is 79.9. The Morgan fingerprint density at radius 1 is 1.30 bits per heavy atom. The highest BCUT2D eigenvalue weighted by molar-refractivity contribution is 9.10. The number of nitrogens with two attached hydrogens (primary N) is 2. The molecule has 0 saturated heterocycles. The molecule has 0 fully saturated rings. The predicted molar refractivity (Wildman–Crippen MR) is 84.5 cm³/mol. The van der Waals surface area contributed by atoms with Crippen LogP contribution < -0.4 is 16.8 Å². The second-order valence-corrected chi connectivity index (χ2v) is 5.96. The summed E-state index contributed by atoms with van der Waals surface area (Å²) < 4.78 is 19.2. The van der Waals surface area contributed by atoms with E-state index in [1.165, 1.54) is 0 Å². The number of aryl methyl sites for hydroxylation is 1. The predicted octanol–water partition coefficient (Wildman–Crippen LogP) is 0.687. The normalized spacial score (nSPS) is 17.8. The lowest BCUT2D eigenvalue weighted by Crippen LogP contribution is -2.35. The molecule has 0 aliphatic carbocycles. The fourth-order valence-electron chi connectivity index (χ4n) is 1.71. The minimum absolute atomic E-state index is 0.196. The van der Waals surface area contributed by atoms with Crippen LogP contribution in [0.5, 0.6) is 0 Å². The molecule has 0 bridgehead atoms. The summed E-state index contributed by atoms with van der Waals surface area (Å²) in [5, 5.41) is 3.01. The van der Waals surface area contributed by atoms with Crippen molar-refractivity contribution in [3.63, 3.8) is 0 Å². The molecule has 0 spiro atoms. The number of nitrogen functional groups attached to an aromatic ring is 1. The van der Waals surface area contributed by atoms with Crippen molar-refractivity contribution >= 4 is 44.5 Å². The summed E-state index contributed by atoms with van der Waals surface area (Å²) in [6, 6.07) is 1.85. The topological polar surface area (TPSA) is 119 Å². The van der Waals surface area contributed by atoms with Crippen molar-refractivity contribution in [2.24, 2.45) is 14.5 Å². The summed E-state index contributed by atoms with van der Waals surface area (Å²) in [6.45, 7) is 0.683. The number of unbranched alkanes of at least 4 members (excludes halogenated alkanes) is 1. The number of hydrogen-bond donors (Lipinski definition) is 3. The van der Waals surface area contributed by atoms with E-state index in [1.807, 2.05) is 6.07 Å². The molecule has 1 atom stereocenters. The van der Waals surface area contributed by atoms with E-state index in [2.05, 4.69) is 35.0 Å². The third kappa shape index (κ3) is 4.01. The van der Waals surface area contributed by atoms with E-state index in [0.29, 0.717) is 18.1 Å². The summed E-state index contributed by atoms with van der Waals surface area (Å²) in [4.78, 5) is 4.28. The minimum Gasteiger partial charge on any atom is -0.397 e. The number of pyridine rings is 1.